The van der Waals surface area contributed by atoms with E-state index in [9.17, 15) is 0 Å². The van der Waals surface area contributed by atoms with Crippen LogP contribution in [0.15, 0.2) is 30.5 Å². The van der Waals surface area contributed by atoms with Crippen molar-refractivity contribution in [2.24, 2.45) is 0 Å². The van der Waals surface area contributed by atoms with E-state index in [0.29, 0.717) is 17.0 Å². The van der Waals surface area contributed by atoms with Gasteiger partial charge in [-0.05, 0) is 25.0 Å². The Morgan fingerprint density at radius 3 is 2.95 bits per heavy atom. The van der Waals surface area contributed by atoms with Crippen LogP contribution in [0.25, 0.3) is 0 Å². The average Bonchev–Trinajstić information content (AvgIpc) is 2.75. The van der Waals surface area contributed by atoms with Gasteiger partial charge in [0, 0.05) is 18.8 Å². The molecule has 5 heteroatoms. The maximum atomic E-state index is 6.27. The predicted octanol–water partition coefficient (Wildman–Crippen LogP) is 3.25. The van der Waals surface area contributed by atoms with Crippen molar-refractivity contribution >= 4 is 29.1 Å². The van der Waals surface area contributed by atoms with E-state index in [-0.39, 0.29) is 0 Å². The first-order valence-electron chi connectivity index (χ1n) is 6.28. The van der Waals surface area contributed by atoms with E-state index < -0.39 is 0 Å². The molecule has 4 nitrogen and oxygen atoms in total. The van der Waals surface area contributed by atoms with Crippen LogP contribution in [0.1, 0.15) is 12.5 Å². The lowest BCUT2D eigenvalue weighted by molar-refractivity contribution is 0.749. The highest BCUT2D eigenvalue weighted by atomic mass is 35.5. The van der Waals surface area contributed by atoms with Gasteiger partial charge in [0.15, 0.2) is 5.82 Å². The zero-order valence-corrected chi connectivity index (χ0v) is 11.6. The summed E-state index contributed by atoms with van der Waals surface area (Å²) in [5.41, 5.74) is 2.51. The normalized spacial score (nSPS) is 17.4. The Morgan fingerprint density at radius 1 is 1.37 bits per heavy atom. The summed E-state index contributed by atoms with van der Waals surface area (Å²) in [6.07, 6.45) is 2.65. The number of aromatic nitrogens is 2. The molecule has 0 spiro atoms. The molecule has 0 saturated heterocycles. The number of halogens is 1. The molecule has 1 unspecified atom stereocenters. The van der Waals surface area contributed by atoms with E-state index in [1.54, 1.807) is 13.2 Å². The van der Waals surface area contributed by atoms with Crippen molar-refractivity contribution in [2.75, 3.05) is 17.3 Å². The maximum Gasteiger partial charge on any atom is 0.224 e. The van der Waals surface area contributed by atoms with E-state index in [2.05, 4.69) is 45.3 Å². The fraction of sp³-hybridized carbons (Fsp3) is 0.286. The zero-order chi connectivity index (χ0) is 13.4. The van der Waals surface area contributed by atoms with Gasteiger partial charge < -0.3 is 10.2 Å². The molecule has 1 aromatic carbocycles. The van der Waals surface area contributed by atoms with Crippen molar-refractivity contribution in [2.45, 2.75) is 19.4 Å². The molecule has 98 valence electrons. The summed E-state index contributed by atoms with van der Waals surface area (Å²) in [5, 5.41) is 3.52. The Hall–Kier alpha value is -1.81. The molecule has 0 amide bonds. The van der Waals surface area contributed by atoms with E-state index in [1.165, 1.54) is 11.3 Å². The molecule has 0 radical (unpaired) electrons. The summed E-state index contributed by atoms with van der Waals surface area (Å²) >= 11 is 6.27. The molecule has 19 heavy (non-hydrogen) atoms. The van der Waals surface area contributed by atoms with Gasteiger partial charge in [0.25, 0.3) is 0 Å². The lowest BCUT2D eigenvalue weighted by Crippen LogP contribution is -2.25. The number of benzene rings is 1. The summed E-state index contributed by atoms with van der Waals surface area (Å²) in [7, 11) is 1.80. The second-order valence-corrected chi connectivity index (χ2v) is 5.07. The Balaban J connectivity index is 2.12. The van der Waals surface area contributed by atoms with Crippen molar-refractivity contribution in [3.63, 3.8) is 0 Å². The third-order valence-electron chi connectivity index (χ3n) is 3.38. The lowest BCUT2D eigenvalue weighted by atomic mass is 10.1. The third-order valence-corrected chi connectivity index (χ3v) is 3.65. The van der Waals surface area contributed by atoms with Crippen molar-refractivity contribution < 1.29 is 0 Å². The van der Waals surface area contributed by atoms with Crippen molar-refractivity contribution in [3.8, 4) is 0 Å². The van der Waals surface area contributed by atoms with Gasteiger partial charge in [0.1, 0.15) is 5.02 Å². The van der Waals surface area contributed by atoms with Crippen LogP contribution in [-0.4, -0.2) is 23.1 Å². The molecule has 0 fully saturated rings. The molecule has 3 rings (SSSR count). The van der Waals surface area contributed by atoms with Crippen LogP contribution in [0.5, 0.6) is 0 Å². The number of fused-ring (bicyclic) bond motifs is 1. The summed E-state index contributed by atoms with van der Waals surface area (Å²) in [6.45, 7) is 2.18. The van der Waals surface area contributed by atoms with Crippen LogP contribution in [0, 0.1) is 0 Å². The van der Waals surface area contributed by atoms with Gasteiger partial charge in [-0.3, -0.25) is 0 Å². The Morgan fingerprint density at radius 2 is 2.16 bits per heavy atom. The van der Waals surface area contributed by atoms with Gasteiger partial charge >= 0.3 is 0 Å². The monoisotopic (exact) mass is 274 g/mol. The van der Waals surface area contributed by atoms with E-state index in [4.69, 9.17) is 11.6 Å². The van der Waals surface area contributed by atoms with Crippen LogP contribution in [-0.2, 0) is 6.42 Å². The topological polar surface area (TPSA) is 41.1 Å². The largest absolute Gasteiger partial charge is 0.357 e. The lowest BCUT2D eigenvalue weighted by Gasteiger charge is -2.24. The second kappa shape index (κ2) is 4.70. The molecule has 1 N–H and O–H groups in total. The molecule has 1 atom stereocenters. The summed E-state index contributed by atoms with van der Waals surface area (Å²) in [5.74, 6) is 1.34. The quantitative estimate of drug-likeness (QED) is 0.913. The van der Waals surface area contributed by atoms with Crippen LogP contribution in [0.2, 0.25) is 5.02 Å². The van der Waals surface area contributed by atoms with Crippen LogP contribution in [0.4, 0.5) is 17.5 Å². The smallest absolute Gasteiger partial charge is 0.224 e. The number of hydrogen-bond acceptors (Lipinski definition) is 4. The minimum Gasteiger partial charge on any atom is -0.357 e. The van der Waals surface area contributed by atoms with Crippen LogP contribution in [0.3, 0.4) is 0 Å². The van der Waals surface area contributed by atoms with E-state index in [1.807, 2.05) is 6.07 Å². The first-order chi connectivity index (χ1) is 9.20. The second-order valence-electron chi connectivity index (χ2n) is 4.67. The number of anilines is 3. The number of nitrogens with one attached hydrogen (secondary N) is 1. The van der Waals surface area contributed by atoms with Gasteiger partial charge in [-0.2, -0.15) is 4.98 Å². The molecule has 0 saturated carbocycles. The molecule has 0 aliphatic carbocycles. The highest BCUT2D eigenvalue weighted by Crippen LogP contribution is 2.39. The SMILES string of the molecule is CNc1ncc(Cl)c(N2c3ccccc3CC2C)n1. The van der Waals surface area contributed by atoms with Gasteiger partial charge in [0.05, 0.1) is 6.20 Å². The molecular weight excluding hydrogens is 260 g/mol. The van der Waals surface area contributed by atoms with Gasteiger partial charge in [-0.1, -0.05) is 29.8 Å². The van der Waals surface area contributed by atoms with Crippen molar-refractivity contribution in [3.05, 3.63) is 41.0 Å². The van der Waals surface area contributed by atoms with Gasteiger partial charge in [0.2, 0.25) is 5.95 Å². The molecule has 1 aliphatic heterocycles. The van der Waals surface area contributed by atoms with E-state index >= 15 is 0 Å². The van der Waals surface area contributed by atoms with Gasteiger partial charge in [-0.25, -0.2) is 4.98 Å². The average molecular weight is 275 g/mol. The molecule has 1 aliphatic rings. The number of para-hydroxylation sites is 1. The number of rotatable bonds is 2. The molecule has 1 aromatic heterocycles. The summed E-state index contributed by atoms with van der Waals surface area (Å²) in [6, 6.07) is 8.71. The highest BCUT2D eigenvalue weighted by Gasteiger charge is 2.29. The minimum atomic E-state index is 0.342. The number of hydrogen-bond donors (Lipinski definition) is 1. The molecular formula is C14H15ClN4. The van der Waals surface area contributed by atoms with Crippen LogP contribution >= 0.6 is 11.6 Å². The fourth-order valence-electron chi connectivity index (χ4n) is 2.54. The predicted molar refractivity (Wildman–Crippen MR) is 78.3 cm³/mol. The van der Waals surface area contributed by atoms with E-state index in [0.717, 1.165) is 12.2 Å². The van der Waals surface area contributed by atoms with Crippen molar-refractivity contribution in [1.29, 1.82) is 0 Å². The highest BCUT2D eigenvalue weighted by molar-refractivity contribution is 6.33. The fourth-order valence-corrected chi connectivity index (χ4v) is 2.72. The summed E-state index contributed by atoms with van der Waals surface area (Å²) < 4.78 is 0. The molecule has 0 bridgehead atoms. The maximum absolute atomic E-state index is 6.27. The minimum absolute atomic E-state index is 0.342. The number of nitrogens with zero attached hydrogens (tertiary/aromatic N) is 3. The first-order valence-corrected chi connectivity index (χ1v) is 6.66. The molecule has 2 aromatic rings. The van der Waals surface area contributed by atoms with Crippen LogP contribution < -0.4 is 10.2 Å². The molecule has 2 heterocycles. The van der Waals surface area contributed by atoms with Crippen molar-refractivity contribution in [1.82, 2.24) is 9.97 Å². The Bertz CT molecular complexity index is 614. The standard InChI is InChI=1S/C14H15ClN4/c1-9-7-10-5-3-4-6-12(10)19(9)13-11(15)8-17-14(16-2)18-13/h3-6,8-9H,7H2,1-2H3,(H,16,17,18). The Kier molecular flexibility index (Phi) is 3.03. The Labute approximate surface area is 117 Å². The van der Waals surface area contributed by atoms with Gasteiger partial charge in [-0.15, -0.1) is 0 Å². The zero-order valence-electron chi connectivity index (χ0n) is 10.9. The summed E-state index contributed by atoms with van der Waals surface area (Å²) in [4.78, 5) is 10.8. The first kappa shape index (κ1) is 12.2. The third kappa shape index (κ3) is 2.02.